The number of rotatable bonds is 2. The van der Waals surface area contributed by atoms with Gasteiger partial charge in [-0.25, -0.2) is 0 Å². The van der Waals surface area contributed by atoms with Crippen molar-refractivity contribution in [3.05, 3.63) is 63.1 Å². The molecule has 1 atom stereocenters. The maximum absolute atomic E-state index is 12.2. The number of nitrogens with zero attached hydrogens (tertiary/aromatic N) is 1. The number of anilines is 1. The van der Waals surface area contributed by atoms with E-state index in [4.69, 9.17) is 34.8 Å². The molecule has 0 saturated carbocycles. The van der Waals surface area contributed by atoms with E-state index in [1.165, 1.54) is 0 Å². The first kappa shape index (κ1) is 15.0. The van der Waals surface area contributed by atoms with Crippen LogP contribution in [0.1, 0.15) is 10.9 Å². The minimum absolute atomic E-state index is 0.0540. The van der Waals surface area contributed by atoms with Crippen LogP contribution in [0.2, 0.25) is 15.1 Å². The van der Waals surface area contributed by atoms with Crippen molar-refractivity contribution in [2.24, 2.45) is 0 Å². The Hall–Kier alpha value is -0.870. The Morgan fingerprint density at radius 3 is 2.38 bits per heavy atom. The molecule has 1 saturated heterocycles. The fourth-order valence-corrected chi connectivity index (χ4v) is 3.81. The standard InChI is InChI=1S/C15H10Cl3NOS/c16-10-3-1-9(2-4-10)15-19(14(20)8-21-15)11-5-6-12(17)13(18)7-11/h1-7,15H,8H2. The van der Waals surface area contributed by atoms with Gasteiger partial charge >= 0.3 is 0 Å². The highest BCUT2D eigenvalue weighted by Crippen LogP contribution is 2.43. The van der Waals surface area contributed by atoms with Gasteiger partial charge in [-0.2, -0.15) is 0 Å². The normalized spacial score (nSPS) is 18.3. The van der Waals surface area contributed by atoms with Crippen LogP contribution in [-0.2, 0) is 4.79 Å². The van der Waals surface area contributed by atoms with Gasteiger partial charge in [0, 0.05) is 10.7 Å². The number of carbonyl (C=O) groups excluding carboxylic acids is 1. The summed E-state index contributed by atoms with van der Waals surface area (Å²) in [6, 6.07) is 12.7. The lowest BCUT2D eigenvalue weighted by molar-refractivity contribution is -0.115. The van der Waals surface area contributed by atoms with Gasteiger partial charge in [0.15, 0.2) is 0 Å². The van der Waals surface area contributed by atoms with E-state index in [0.717, 1.165) is 11.3 Å². The Kier molecular flexibility index (Phi) is 4.36. The number of hydrogen-bond donors (Lipinski definition) is 0. The fraction of sp³-hybridized carbons (Fsp3) is 0.133. The Morgan fingerprint density at radius 2 is 1.71 bits per heavy atom. The zero-order valence-electron chi connectivity index (χ0n) is 10.7. The van der Waals surface area contributed by atoms with E-state index in [1.54, 1.807) is 34.9 Å². The molecule has 1 fully saturated rings. The minimum Gasteiger partial charge on any atom is -0.295 e. The van der Waals surface area contributed by atoms with Crippen LogP contribution in [0.4, 0.5) is 5.69 Å². The van der Waals surface area contributed by atoms with Crippen molar-refractivity contribution in [1.29, 1.82) is 0 Å². The highest BCUT2D eigenvalue weighted by Gasteiger charge is 2.34. The zero-order valence-corrected chi connectivity index (χ0v) is 13.8. The predicted octanol–water partition coefficient (Wildman–Crippen LogP) is 5.43. The monoisotopic (exact) mass is 357 g/mol. The molecule has 0 aromatic heterocycles. The zero-order chi connectivity index (χ0) is 15.0. The summed E-state index contributed by atoms with van der Waals surface area (Å²) in [4.78, 5) is 14.0. The van der Waals surface area contributed by atoms with Crippen LogP contribution in [0.25, 0.3) is 0 Å². The van der Waals surface area contributed by atoms with Crippen LogP contribution in [-0.4, -0.2) is 11.7 Å². The molecule has 6 heteroatoms. The number of halogens is 3. The lowest BCUT2D eigenvalue weighted by Crippen LogP contribution is -2.27. The molecular weight excluding hydrogens is 349 g/mol. The lowest BCUT2D eigenvalue weighted by Gasteiger charge is -2.24. The van der Waals surface area contributed by atoms with Crippen molar-refractivity contribution < 1.29 is 4.79 Å². The van der Waals surface area contributed by atoms with E-state index >= 15 is 0 Å². The highest BCUT2D eigenvalue weighted by atomic mass is 35.5. The molecule has 3 rings (SSSR count). The van der Waals surface area contributed by atoms with Crippen molar-refractivity contribution in [1.82, 2.24) is 0 Å². The highest BCUT2D eigenvalue weighted by molar-refractivity contribution is 8.00. The SMILES string of the molecule is O=C1CSC(c2ccc(Cl)cc2)N1c1ccc(Cl)c(Cl)c1. The summed E-state index contributed by atoms with van der Waals surface area (Å²) in [6.07, 6.45) is 0. The molecule has 2 nitrogen and oxygen atoms in total. The number of amides is 1. The predicted molar refractivity (Wildman–Crippen MR) is 90.6 cm³/mol. The molecule has 2 aromatic carbocycles. The molecule has 1 heterocycles. The molecular formula is C15H10Cl3NOS. The Labute approximate surface area is 142 Å². The third-order valence-electron chi connectivity index (χ3n) is 3.20. The molecule has 2 aromatic rings. The Bertz CT molecular complexity index is 690. The maximum Gasteiger partial charge on any atom is 0.238 e. The molecule has 21 heavy (non-hydrogen) atoms. The number of hydrogen-bond acceptors (Lipinski definition) is 2. The molecule has 0 radical (unpaired) electrons. The van der Waals surface area contributed by atoms with Crippen molar-refractivity contribution in [3.8, 4) is 0 Å². The van der Waals surface area contributed by atoms with Crippen molar-refractivity contribution in [2.75, 3.05) is 10.7 Å². The minimum atomic E-state index is -0.0768. The molecule has 0 bridgehead atoms. The van der Waals surface area contributed by atoms with E-state index in [1.807, 2.05) is 24.3 Å². The van der Waals surface area contributed by atoms with Crippen LogP contribution in [0.15, 0.2) is 42.5 Å². The largest absolute Gasteiger partial charge is 0.295 e. The average molecular weight is 359 g/mol. The topological polar surface area (TPSA) is 20.3 Å². The number of carbonyl (C=O) groups is 1. The molecule has 1 aliphatic rings. The van der Waals surface area contributed by atoms with Crippen LogP contribution in [0.5, 0.6) is 0 Å². The van der Waals surface area contributed by atoms with E-state index in [2.05, 4.69) is 0 Å². The van der Waals surface area contributed by atoms with Gasteiger partial charge in [0.2, 0.25) is 5.91 Å². The molecule has 0 spiro atoms. The van der Waals surface area contributed by atoms with Gasteiger partial charge in [0.1, 0.15) is 5.37 Å². The second kappa shape index (κ2) is 6.09. The van der Waals surface area contributed by atoms with Crippen LogP contribution in [0, 0.1) is 0 Å². The van der Waals surface area contributed by atoms with E-state index < -0.39 is 0 Å². The average Bonchev–Trinajstić information content (AvgIpc) is 2.85. The molecule has 1 amide bonds. The Morgan fingerprint density at radius 1 is 1.00 bits per heavy atom. The molecule has 1 unspecified atom stereocenters. The first-order valence-electron chi connectivity index (χ1n) is 6.20. The second-order valence-electron chi connectivity index (χ2n) is 4.58. The summed E-state index contributed by atoms with van der Waals surface area (Å²) in [7, 11) is 0. The number of thioether (sulfide) groups is 1. The summed E-state index contributed by atoms with van der Waals surface area (Å²) in [5.41, 5.74) is 1.78. The van der Waals surface area contributed by atoms with Gasteiger partial charge < -0.3 is 0 Å². The quantitative estimate of drug-likeness (QED) is 0.714. The van der Waals surface area contributed by atoms with Crippen molar-refractivity contribution >= 4 is 58.2 Å². The third-order valence-corrected chi connectivity index (χ3v) is 5.41. The summed E-state index contributed by atoms with van der Waals surface area (Å²) in [5, 5.41) is 1.51. The first-order valence-corrected chi connectivity index (χ1v) is 8.39. The summed E-state index contributed by atoms with van der Waals surface area (Å²) in [6.45, 7) is 0. The summed E-state index contributed by atoms with van der Waals surface area (Å²) in [5.74, 6) is 0.492. The van der Waals surface area contributed by atoms with E-state index in [-0.39, 0.29) is 11.3 Å². The van der Waals surface area contributed by atoms with Gasteiger partial charge in [0.25, 0.3) is 0 Å². The lowest BCUT2D eigenvalue weighted by atomic mass is 10.2. The van der Waals surface area contributed by atoms with Gasteiger partial charge in [-0.15, -0.1) is 11.8 Å². The van der Waals surface area contributed by atoms with E-state index in [0.29, 0.717) is 20.8 Å². The van der Waals surface area contributed by atoms with Gasteiger partial charge in [-0.1, -0.05) is 46.9 Å². The summed E-state index contributed by atoms with van der Waals surface area (Å²) < 4.78 is 0. The molecule has 108 valence electrons. The summed E-state index contributed by atoms with van der Waals surface area (Å²) >= 11 is 19.5. The molecule has 1 aliphatic heterocycles. The second-order valence-corrected chi connectivity index (χ2v) is 6.90. The van der Waals surface area contributed by atoms with Crippen molar-refractivity contribution in [2.45, 2.75) is 5.37 Å². The van der Waals surface area contributed by atoms with Crippen LogP contribution >= 0.6 is 46.6 Å². The van der Waals surface area contributed by atoms with E-state index in [9.17, 15) is 4.79 Å². The number of benzene rings is 2. The van der Waals surface area contributed by atoms with Crippen molar-refractivity contribution in [3.63, 3.8) is 0 Å². The van der Waals surface area contributed by atoms with Gasteiger partial charge in [0.05, 0.1) is 15.8 Å². The first-order chi connectivity index (χ1) is 10.1. The van der Waals surface area contributed by atoms with Gasteiger partial charge in [-0.05, 0) is 35.9 Å². The molecule has 0 N–H and O–H groups in total. The maximum atomic E-state index is 12.2. The van der Waals surface area contributed by atoms with Crippen LogP contribution < -0.4 is 4.90 Å². The van der Waals surface area contributed by atoms with Gasteiger partial charge in [-0.3, -0.25) is 9.69 Å². The Balaban J connectivity index is 1.99. The smallest absolute Gasteiger partial charge is 0.238 e. The fourth-order valence-electron chi connectivity index (χ4n) is 2.21. The van der Waals surface area contributed by atoms with Crippen LogP contribution in [0.3, 0.4) is 0 Å². The third kappa shape index (κ3) is 3.02. The molecule has 0 aliphatic carbocycles.